The topological polar surface area (TPSA) is 61.8 Å². The number of hydrogen-bond donors (Lipinski definition) is 2. The Kier molecular flexibility index (Phi) is 4.62. The molecule has 2 heterocycles. The van der Waals surface area contributed by atoms with Crippen LogP contribution in [0.3, 0.4) is 0 Å². The fraction of sp³-hybridized carbons (Fsp3) is 0.167. The maximum absolute atomic E-state index is 11.4. The fourth-order valence-electron chi connectivity index (χ4n) is 2.63. The van der Waals surface area contributed by atoms with E-state index in [4.69, 9.17) is 16.3 Å². The minimum Gasteiger partial charge on any atom is -0.496 e. The van der Waals surface area contributed by atoms with E-state index in [1.807, 2.05) is 30.4 Å². The quantitative estimate of drug-likeness (QED) is 0.857. The summed E-state index contributed by atoms with van der Waals surface area (Å²) in [7, 11) is 1.60. The van der Waals surface area contributed by atoms with Gasteiger partial charge in [-0.25, -0.2) is 4.79 Å². The molecular weight excluding hydrogens is 328 g/mol. The molecule has 0 saturated heterocycles. The zero-order chi connectivity index (χ0) is 17.1. The van der Waals surface area contributed by atoms with Gasteiger partial charge in [0.25, 0.3) is 0 Å². The predicted molar refractivity (Wildman–Crippen MR) is 92.3 cm³/mol. The number of hydrogen-bond acceptors (Lipinski definition) is 4. The molecule has 24 heavy (non-hydrogen) atoms. The smallest absolute Gasteiger partial charge is 0.352 e. The second kappa shape index (κ2) is 6.84. The third-order valence-electron chi connectivity index (χ3n) is 3.83. The van der Waals surface area contributed by atoms with Crippen LogP contribution in [0.15, 0.2) is 65.8 Å². The number of benzene rings is 1. The van der Waals surface area contributed by atoms with Crippen LogP contribution in [0, 0.1) is 0 Å². The summed E-state index contributed by atoms with van der Waals surface area (Å²) in [5.41, 5.74) is 2.91. The van der Waals surface area contributed by atoms with Crippen LogP contribution >= 0.6 is 11.6 Å². The summed E-state index contributed by atoms with van der Waals surface area (Å²) < 4.78 is 5.33. The van der Waals surface area contributed by atoms with Crippen LogP contribution in [-0.2, 0) is 11.3 Å². The Morgan fingerprint density at radius 3 is 2.96 bits per heavy atom. The number of ether oxygens (including phenoxy) is 1. The van der Waals surface area contributed by atoms with Gasteiger partial charge < -0.3 is 20.1 Å². The SMILES string of the molecule is COc1cc(Cl)ccc1CNC1=CN2C(=CCC=C2C(=O)O)C=C1. The number of aliphatic carboxylic acids is 1. The zero-order valence-electron chi connectivity index (χ0n) is 13.1. The number of allylic oxidation sites excluding steroid dienone is 4. The molecule has 2 aliphatic heterocycles. The van der Waals surface area contributed by atoms with Gasteiger partial charge in [-0.3, -0.25) is 0 Å². The van der Waals surface area contributed by atoms with Crippen molar-refractivity contribution in [2.45, 2.75) is 13.0 Å². The standard InChI is InChI=1S/C18H17ClN2O3/c1-24-17-9-13(19)6-5-12(17)10-20-14-7-8-15-3-2-4-16(18(22)23)21(15)11-14/h3-9,11,20H,2,10H2,1H3,(H,22,23). The molecule has 0 unspecified atom stereocenters. The van der Waals surface area contributed by atoms with E-state index in [1.54, 1.807) is 30.4 Å². The van der Waals surface area contributed by atoms with Crippen molar-refractivity contribution in [3.8, 4) is 5.75 Å². The Morgan fingerprint density at radius 2 is 2.21 bits per heavy atom. The van der Waals surface area contributed by atoms with Crippen LogP contribution in [0.25, 0.3) is 0 Å². The number of nitrogens with one attached hydrogen (secondary N) is 1. The van der Waals surface area contributed by atoms with Gasteiger partial charge in [0.1, 0.15) is 11.4 Å². The first-order chi connectivity index (χ1) is 11.6. The van der Waals surface area contributed by atoms with E-state index in [9.17, 15) is 9.90 Å². The van der Waals surface area contributed by atoms with E-state index >= 15 is 0 Å². The molecule has 0 saturated carbocycles. The van der Waals surface area contributed by atoms with Crippen molar-refractivity contribution in [3.63, 3.8) is 0 Å². The highest BCUT2D eigenvalue weighted by Crippen LogP contribution is 2.27. The van der Waals surface area contributed by atoms with Crippen molar-refractivity contribution < 1.29 is 14.6 Å². The molecule has 0 amide bonds. The van der Waals surface area contributed by atoms with Crippen LogP contribution in [0.5, 0.6) is 5.75 Å². The van der Waals surface area contributed by atoms with Gasteiger partial charge in [0.2, 0.25) is 0 Å². The highest BCUT2D eigenvalue weighted by molar-refractivity contribution is 6.30. The number of fused-ring (bicyclic) bond motifs is 1. The van der Waals surface area contributed by atoms with E-state index in [2.05, 4.69) is 5.32 Å². The molecule has 5 nitrogen and oxygen atoms in total. The Bertz CT molecular complexity index is 793. The van der Waals surface area contributed by atoms with Crippen molar-refractivity contribution >= 4 is 17.6 Å². The first kappa shape index (κ1) is 16.2. The Morgan fingerprint density at radius 1 is 1.38 bits per heavy atom. The first-order valence-corrected chi connectivity index (χ1v) is 7.85. The largest absolute Gasteiger partial charge is 0.496 e. The van der Waals surface area contributed by atoms with Crippen LogP contribution in [0.1, 0.15) is 12.0 Å². The van der Waals surface area contributed by atoms with E-state index in [-0.39, 0.29) is 5.70 Å². The Hall–Kier alpha value is -2.66. The molecule has 0 atom stereocenters. The lowest BCUT2D eigenvalue weighted by Gasteiger charge is -2.29. The van der Waals surface area contributed by atoms with E-state index < -0.39 is 5.97 Å². The van der Waals surface area contributed by atoms with Crippen molar-refractivity contribution in [2.75, 3.05) is 7.11 Å². The zero-order valence-corrected chi connectivity index (χ0v) is 13.9. The lowest BCUT2D eigenvalue weighted by molar-refractivity contribution is -0.133. The van der Waals surface area contributed by atoms with Gasteiger partial charge in [0.05, 0.1) is 12.8 Å². The summed E-state index contributed by atoms with van der Waals surface area (Å²) in [5.74, 6) is -0.231. The van der Waals surface area contributed by atoms with Crippen LogP contribution in [-0.4, -0.2) is 23.1 Å². The lowest BCUT2D eigenvalue weighted by atomic mass is 10.1. The molecule has 124 valence electrons. The molecule has 0 fully saturated rings. The predicted octanol–water partition coefficient (Wildman–Crippen LogP) is 3.41. The maximum Gasteiger partial charge on any atom is 0.352 e. The van der Waals surface area contributed by atoms with Crippen LogP contribution in [0.2, 0.25) is 5.02 Å². The van der Waals surface area contributed by atoms with Gasteiger partial charge in [0, 0.05) is 29.0 Å². The van der Waals surface area contributed by atoms with Crippen LogP contribution in [0.4, 0.5) is 0 Å². The Labute approximate surface area is 145 Å². The fourth-order valence-corrected chi connectivity index (χ4v) is 2.80. The molecule has 0 radical (unpaired) electrons. The first-order valence-electron chi connectivity index (χ1n) is 7.47. The van der Waals surface area contributed by atoms with E-state index in [0.29, 0.717) is 23.7 Å². The van der Waals surface area contributed by atoms with Crippen LogP contribution < -0.4 is 10.1 Å². The molecule has 0 spiro atoms. The highest BCUT2D eigenvalue weighted by atomic mass is 35.5. The molecule has 2 aliphatic rings. The lowest BCUT2D eigenvalue weighted by Crippen LogP contribution is -2.27. The minimum absolute atomic E-state index is 0.264. The summed E-state index contributed by atoms with van der Waals surface area (Å²) in [4.78, 5) is 13.0. The molecule has 0 aliphatic carbocycles. The third kappa shape index (κ3) is 3.31. The number of carboxylic acid groups (broad SMARTS) is 1. The van der Waals surface area contributed by atoms with Crippen molar-refractivity contribution in [3.05, 3.63) is 76.4 Å². The monoisotopic (exact) mass is 344 g/mol. The summed E-state index contributed by atoms with van der Waals surface area (Å²) in [5, 5.41) is 13.2. The highest BCUT2D eigenvalue weighted by Gasteiger charge is 2.22. The number of rotatable bonds is 5. The molecule has 2 N–H and O–H groups in total. The average molecular weight is 345 g/mol. The number of carbonyl (C=O) groups is 1. The maximum atomic E-state index is 11.4. The number of methoxy groups -OCH3 is 1. The summed E-state index contributed by atoms with van der Waals surface area (Å²) in [6.45, 7) is 0.537. The van der Waals surface area contributed by atoms with Gasteiger partial charge in [-0.05, 0) is 36.8 Å². The number of halogens is 1. The third-order valence-corrected chi connectivity index (χ3v) is 4.06. The van der Waals surface area contributed by atoms with E-state index in [0.717, 1.165) is 17.0 Å². The molecule has 1 aromatic rings. The second-order valence-electron chi connectivity index (χ2n) is 5.36. The van der Waals surface area contributed by atoms with Gasteiger partial charge in [-0.2, -0.15) is 0 Å². The molecule has 0 bridgehead atoms. The molecule has 1 aromatic carbocycles. The molecular formula is C18H17ClN2O3. The summed E-state index contributed by atoms with van der Waals surface area (Å²) in [6, 6.07) is 5.47. The number of nitrogens with zero attached hydrogens (tertiary/aromatic N) is 1. The molecule has 3 rings (SSSR count). The van der Waals surface area contributed by atoms with Gasteiger partial charge in [-0.15, -0.1) is 0 Å². The Balaban J connectivity index is 1.76. The summed E-state index contributed by atoms with van der Waals surface area (Å²) in [6.07, 6.45) is 9.91. The van der Waals surface area contributed by atoms with E-state index in [1.165, 1.54) is 0 Å². The average Bonchev–Trinajstić information content (AvgIpc) is 2.59. The van der Waals surface area contributed by atoms with Gasteiger partial charge in [0.15, 0.2) is 0 Å². The summed E-state index contributed by atoms with van der Waals surface area (Å²) >= 11 is 5.97. The van der Waals surface area contributed by atoms with Gasteiger partial charge in [-0.1, -0.05) is 23.7 Å². The van der Waals surface area contributed by atoms with Crippen molar-refractivity contribution in [1.82, 2.24) is 10.2 Å². The van der Waals surface area contributed by atoms with Gasteiger partial charge >= 0.3 is 5.97 Å². The second-order valence-corrected chi connectivity index (χ2v) is 5.79. The molecule has 0 aromatic heterocycles. The normalized spacial score (nSPS) is 15.9. The molecule has 6 heteroatoms. The minimum atomic E-state index is -0.939. The number of carboxylic acids is 1. The van der Waals surface area contributed by atoms with Crippen molar-refractivity contribution in [1.29, 1.82) is 0 Å². The van der Waals surface area contributed by atoms with Crippen molar-refractivity contribution in [2.24, 2.45) is 0 Å².